The van der Waals surface area contributed by atoms with Crippen molar-refractivity contribution in [3.8, 4) is 16.3 Å². The van der Waals surface area contributed by atoms with Crippen molar-refractivity contribution in [1.82, 2.24) is 24.9 Å². The second-order valence-corrected chi connectivity index (χ2v) is 8.26. The summed E-state index contributed by atoms with van der Waals surface area (Å²) in [5, 5.41) is 14.1. The average molecular weight is 440 g/mol. The number of amides is 1. The van der Waals surface area contributed by atoms with Gasteiger partial charge in [0.15, 0.2) is 0 Å². The Kier molecular flexibility index (Phi) is 5.63. The van der Waals surface area contributed by atoms with E-state index < -0.39 is 0 Å². The van der Waals surface area contributed by atoms with Gasteiger partial charge in [-0.05, 0) is 34.7 Å². The van der Waals surface area contributed by atoms with Gasteiger partial charge in [-0.2, -0.15) is 10.2 Å². The zero-order valence-electron chi connectivity index (χ0n) is 17.3. The zero-order valence-corrected chi connectivity index (χ0v) is 18.1. The highest BCUT2D eigenvalue weighted by molar-refractivity contribution is 7.13. The zero-order chi connectivity index (χ0) is 21.8. The number of nitrogens with zero attached hydrogens (tertiary/aromatic N) is 4. The molecule has 0 saturated carbocycles. The molecule has 32 heavy (non-hydrogen) atoms. The molecule has 1 N–H and O–H groups in total. The summed E-state index contributed by atoms with van der Waals surface area (Å²) in [5.74, 6) is -0.150. The highest BCUT2D eigenvalue weighted by atomic mass is 32.1. The molecular weight excluding hydrogens is 418 g/mol. The van der Waals surface area contributed by atoms with Crippen LogP contribution in [0.15, 0.2) is 96.8 Å². The van der Waals surface area contributed by atoms with E-state index in [1.165, 1.54) is 0 Å². The van der Waals surface area contributed by atoms with Crippen LogP contribution in [0.25, 0.3) is 16.3 Å². The Morgan fingerprint density at radius 1 is 0.969 bits per heavy atom. The Labute approximate surface area is 189 Å². The van der Waals surface area contributed by atoms with Crippen LogP contribution in [0.1, 0.15) is 21.5 Å². The van der Waals surface area contributed by atoms with E-state index >= 15 is 0 Å². The lowest BCUT2D eigenvalue weighted by Gasteiger charge is -2.10. The molecule has 6 nitrogen and oxygen atoms in total. The van der Waals surface area contributed by atoms with Gasteiger partial charge in [-0.1, -0.05) is 54.6 Å². The molecule has 3 aromatic heterocycles. The van der Waals surface area contributed by atoms with Gasteiger partial charge in [0.05, 0.1) is 22.7 Å². The van der Waals surface area contributed by atoms with Gasteiger partial charge in [-0.25, -0.2) is 4.68 Å². The second-order valence-electron chi connectivity index (χ2n) is 7.31. The minimum absolute atomic E-state index is 0.150. The van der Waals surface area contributed by atoms with Crippen LogP contribution >= 0.6 is 11.3 Å². The van der Waals surface area contributed by atoms with Crippen molar-refractivity contribution in [2.24, 2.45) is 0 Å². The highest BCUT2D eigenvalue weighted by Gasteiger charge is 2.19. The van der Waals surface area contributed by atoms with Gasteiger partial charge in [0, 0.05) is 25.1 Å². The predicted octanol–water partition coefficient (Wildman–Crippen LogP) is 4.78. The lowest BCUT2D eigenvalue weighted by atomic mass is 10.1. The molecule has 0 aliphatic carbocycles. The molecule has 0 saturated heterocycles. The van der Waals surface area contributed by atoms with Crippen molar-refractivity contribution in [2.75, 3.05) is 0 Å². The number of carbonyl (C=O) groups is 1. The van der Waals surface area contributed by atoms with Gasteiger partial charge in [-0.3, -0.25) is 9.48 Å². The van der Waals surface area contributed by atoms with Gasteiger partial charge < -0.3 is 5.32 Å². The maximum absolute atomic E-state index is 13.2. The Balaban J connectivity index is 1.40. The SMILES string of the molecule is O=C(NCc1ccccc1-n1cccn1)c1cn(Cc2ccccc2)nc1-c1cccs1. The number of para-hydroxylation sites is 1. The summed E-state index contributed by atoms with van der Waals surface area (Å²) in [7, 11) is 0. The monoisotopic (exact) mass is 439 g/mol. The predicted molar refractivity (Wildman–Crippen MR) is 126 cm³/mol. The minimum Gasteiger partial charge on any atom is -0.348 e. The van der Waals surface area contributed by atoms with E-state index in [2.05, 4.69) is 22.5 Å². The van der Waals surface area contributed by atoms with Crippen LogP contribution in [0.4, 0.5) is 0 Å². The number of benzene rings is 2. The number of rotatable bonds is 7. The molecule has 5 rings (SSSR count). The molecule has 0 unspecified atom stereocenters. The molecule has 0 aliphatic rings. The quantitative estimate of drug-likeness (QED) is 0.397. The molecule has 0 radical (unpaired) electrons. The van der Waals surface area contributed by atoms with E-state index in [9.17, 15) is 4.79 Å². The highest BCUT2D eigenvalue weighted by Crippen LogP contribution is 2.27. The van der Waals surface area contributed by atoms with E-state index in [0.29, 0.717) is 24.3 Å². The van der Waals surface area contributed by atoms with Crippen LogP contribution in [-0.4, -0.2) is 25.5 Å². The largest absolute Gasteiger partial charge is 0.348 e. The van der Waals surface area contributed by atoms with Gasteiger partial charge in [-0.15, -0.1) is 11.3 Å². The van der Waals surface area contributed by atoms with Crippen LogP contribution in [0.2, 0.25) is 0 Å². The number of aromatic nitrogens is 4. The first kappa shape index (κ1) is 20.0. The fourth-order valence-corrected chi connectivity index (χ4v) is 4.32. The summed E-state index contributed by atoms with van der Waals surface area (Å²) in [5.41, 5.74) is 4.33. The Morgan fingerprint density at radius 2 is 1.81 bits per heavy atom. The van der Waals surface area contributed by atoms with E-state index in [1.54, 1.807) is 22.2 Å². The van der Waals surface area contributed by atoms with Crippen LogP contribution in [0.5, 0.6) is 0 Å². The Hall–Kier alpha value is -3.97. The number of hydrogen-bond acceptors (Lipinski definition) is 4. The molecule has 0 bridgehead atoms. The molecule has 1 amide bonds. The maximum atomic E-state index is 13.2. The van der Waals surface area contributed by atoms with Crippen LogP contribution in [0, 0.1) is 0 Å². The van der Waals surface area contributed by atoms with Crippen molar-refractivity contribution < 1.29 is 4.79 Å². The van der Waals surface area contributed by atoms with Crippen molar-refractivity contribution in [1.29, 1.82) is 0 Å². The Morgan fingerprint density at radius 3 is 2.59 bits per heavy atom. The van der Waals surface area contributed by atoms with Crippen molar-refractivity contribution in [3.63, 3.8) is 0 Å². The number of hydrogen-bond donors (Lipinski definition) is 1. The molecule has 7 heteroatoms. The first-order chi connectivity index (χ1) is 15.8. The third-order valence-electron chi connectivity index (χ3n) is 5.13. The van der Waals surface area contributed by atoms with E-state index in [0.717, 1.165) is 21.7 Å². The molecule has 158 valence electrons. The van der Waals surface area contributed by atoms with Crippen molar-refractivity contribution in [2.45, 2.75) is 13.1 Å². The van der Waals surface area contributed by atoms with E-state index in [4.69, 9.17) is 5.10 Å². The number of thiophene rings is 1. The van der Waals surface area contributed by atoms with Crippen molar-refractivity contribution in [3.05, 3.63) is 113 Å². The van der Waals surface area contributed by atoms with Gasteiger partial charge in [0.25, 0.3) is 5.91 Å². The summed E-state index contributed by atoms with van der Waals surface area (Å²) in [6.07, 6.45) is 5.46. The van der Waals surface area contributed by atoms with Crippen LogP contribution in [-0.2, 0) is 13.1 Å². The smallest absolute Gasteiger partial charge is 0.255 e. The number of nitrogens with one attached hydrogen (secondary N) is 1. The summed E-state index contributed by atoms with van der Waals surface area (Å²) < 4.78 is 3.63. The van der Waals surface area contributed by atoms with E-state index in [-0.39, 0.29) is 5.91 Å². The third kappa shape index (κ3) is 4.24. The summed E-state index contributed by atoms with van der Waals surface area (Å²) in [6.45, 7) is 0.997. The molecule has 5 aromatic rings. The normalized spacial score (nSPS) is 10.9. The summed E-state index contributed by atoms with van der Waals surface area (Å²) in [6, 6.07) is 23.9. The topological polar surface area (TPSA) is 64.7 Å². The van der Waals surface area contributed by atoms with Crippen LogP contribution in [0.3, 0.4) is 0 Å². The van der Waals surface area contributed by atoms with E-state index in [1.807, 2.05) is 83.1 Å². The fraction of sp³-hybridized carbons (Fsp3) is 0.0800. The van der Waals surface area contributed by atoms with Gasteiger partial charge in [0.1, 0.15) is 5.69 Å². The second kappa shape index (κ2) is 9.03. The molecule has 0 atom stereocenters. The molecule has 2 aromatic carbocycles. The molecule has 0 spiro atoms. The summed E-state index contributed by atoms with van der Waals surface area (Å²) >= 11 is 1.57. The van der Waals surface area contributed by atoms with Crippen LogP contribution < -0.4 is 5.32 Å². The minimum atomic E-state index is -0.150. The number of carbonyl (C=O) groups excluding carboxylic acids is 1. The Bertz CT molecular complexity index is 1310. The lowest BCUT2D eigenvalue weighted by molar-refractivity contribution is 0.0951. The summed E-state index contributed by atoms with van der Waals surface area (Å²) in [4.78, 5) is 14.2. The third-order valence-corrected chi connectivity index (χ3v) is 6.01. The molecule has 0 fully saturated rings. The standard InChI is InChI=1S/C25H21N5OS/c31-25(26-16-20-10-4-5-11-22(20)30-14-7-13-27-30)21-18-29(17-19-8-2-1-3-9-19)28-24(21)23-12-6-15-32-23/h1-15,18H,16-17H2,(H,26,31). The lowest BCUT2D eigenvalue weighted by Crippen LogP contribution is -2.23. The first-order valence-electron chi connectivity index (χ1n) is 10.3. The first-order valence-corrected chi connectivity index (χ1v) is 11.2. The molecule has 0 aliphatic heterocycles. The molecule has 3 heterocycles. The molecular formula is C25H21N5OS. The van der Waals surface area contributed by atoms with Gasteiger partial charge in [0.2, 0.25) is 0 Å². The van der Waals surface area contributed by atoms with Gasteiger partial charge >= 0.3 is 0 Å². The fourth-order valence-electron chi connectivity index (χ4n) is 3.60. The maximum Gasteiger partial charge on any atom is 0.255 e. The average Bonchev–Trinajstić information content (AvgIpc) is 3.60. The van der Waals surface area contributed by atoms with Crippen molar-refractivity contribution >= 4 is 17.2 Å².